The molecule has 3 N–H and O–H groups in total. The van der Waals surface area contributed by atoms with E-state index in [2.05, 4.69) is 4.72 Å². The summed E-state index contributed by atoms with van der Waals surface area (Å²) in [7, 11) is -3.68. The Kier molecular flexibility index (Phi) is 4.46. The van der Waals surface area contributed by atoms with Crippen molar-refractivity contribution in [2.45, 2.75) is 31.8 Å². The van der Waals surface area contributed by atoms with Gasteiger partial charge in [-0.3, -0.25) is 4.72 Å². The van der Waals surface area contributed by atoms with Crippen LogP contribution in [0.5, 0.6) is 0 Å². The highest BCUT2D eigenvalue weighted by atomic mass is 32.2. The van der Waals surface area contributed by atoms with Gasteiger partial charge in [0.2, 0.25) is 10.0 Å². The molecular formula is C11H15F3N2O2S. The summed E-state index contributed by atoms with van der Waals surface area (Å²) in [5.41, 5.74) is 4.09. The van der Waals surface area contributed by atoms with Crippen LogP contribution in [-0.4, -0.2) is 13.7 Å². The molecule has 0 amide bonds. The average molecular weight is 296 g/mol. The second-order valence-corrected chi connectivity index (χ2v) is 6.51. The fraction of sp³-hybridized carbons (Fsp3) is 0.455. The van der Waals surface area contributed by atoms with Gasteiger partial charge in [-0.2, -0.15) is 13.2 Å². The SMILES string of the molecule is CC(C)S(=O)(=O)Nc1ccc(CN)c(C(F)(F)F)c1. The second-order valence-electron chi connectivity index (χ2n) is 4.27. The molecule has 0 aliphatic carbocycles. The minimum absolute atomic E-state index is 0.0833. The third-order valence-corrected chi connectivity index (χ3v) is 4.28. The van der Waals surface area contributed by atoms with Crippen LogP contribution < -0.4 is 10.5 Å². The molecule has 0 radical (unpaired) electrons. The van der Waals surface area contributed by atoms with Crippen LogP contribution in [-0.2, 0) is 22.7 Å². The molecule has 0 fully saturated rings. The van der Waals surface area contributed by atoms with E-state index >= 15 is 0 Å². The lowest BCUT2D eigenvalue weighted by Gasteiger charge is -2.15. The summed E-state index contributed by atoms with van der Waals surface area (Å²) in [6, 6.07) is 3.18. The summed E-state index contributed by atoms with van der Waals surface area (Å²) in [6.07, 6.45) is -4.58. The summed E-state index contributed by atoms with van der Waals surface area (Å²) in [5, 5.41) is -0.740. The molecule has 0 bridgehead atoms. The third kappa shape index (κ3) is 3.84. The molecule has 0 aliphatic rings. The molecule has 4 nitrogen and oxygen atoms in total. The van der Waals surface area contributed by atoms with E-state index in [1.807, 2.05) is 0 Å². The Hall–Kier alpha value is -1.28. The molecule has 1 rings (SSSR count). The van der Waals surface area contributed by atoms with Gasteiger partial charge >= 0.3 is 6.18 Å². The quantitative estimate of drug-likeness (QED) is 0.895. The number of nitrogens with one attached hydrogen (secondary N) is 1. The van der Waals surface area contributed by atoms with Gasteiger partial charge in [0.05, 0.1) is 10.8 Å². The largest absolute Gasteiger partial charge is 0.416 e. The molecule has 108 valence electrons. The summed E-state index contributed by atoms with van der Waals surface area (Å²) < 4.78 is 63.6. The first-order chi connectivity index (χ1) is 8.58. The third-order valence-electron chi connectivity index (χ3n) is 2.52. The Bertz CT molecular complexity index is 554. The predicted molar refractivity (Wildman–Crippen MR) is 67.0 cm³/mol. The zero-order valence-corrected chi connectivity index (χ0v) is 11.3. The van der Waals surface area contributed by atoms with Crippen LogP contribution in [0.25, 0.3) is 0 Å². The van der Waals surface area contributed by atoms with Crippen molar-refractivity contribution < 1.29 is 21.6 Å². The van der Waals surface area contributed by atoms with Crippen LogP contribution in [0.4, 0.5) is 18.9 Å². The smallest absolute Gasteiger partial charge is 0.326 e. The summed E-state index contributed by atoms with van der Waals surface area (Å²) in [4.78, 5) is 0. The molecule has 8 heteroatoms. The number of alkyl halides is 3. The topological polar surface area (TPSA) is 72.2 Å². The van der Waals surface area contributed by atoms with Crippen LogP contribution in [0, 0.1) is 0 Å². The van der Waals surface area contributed by atoms with Crippen LogP contribution >= 0.6 is 0 Å². The lowest BCUT2D eigenvalue weighted by molar-refractivity contribution is -0.138. The van der Waals surface area contributed by atoms with Crippen LogP contribution in [0.2, 0.25) is 0 Å². The van der Waals surface area contributed by atoms with E-state index in [1.165, 1.54) is 26.0 Å². The first kappa shape index (κ1) is 15.8. The number of sulfonamides is 1. The second kappa shape index (κ2) is 5.38. The Morgan fingerprint density at radius 2 is 1.89 bits per heavy atom. The molecule has 19 heavy (non-hydrogen) atoms. The van der Waals surface area contributed by atoms with Crippen molar-refractivity contribution in [1.82, 2.24) is 0 Å². The van der Waals surface area contributed by atoms with Crippen LogP contribution in [0.15, 0.2) is 18.2 Å². The highest BCUT2D eigenvalue weighted by molar-refractivity contribution is 7.93. The summed E-state index contributed by atoms with van der Waals surface area (Å²) >= 11 is 0. The Labute approximate surface area is 109 Å². The van der Waals surface area contributed by atoms with Gasteiger partial charge in [-0.1, -0.05) is 6.07 Å². The van der Waals surface area contributed by atoms with Crippen molar-refractivity contribution in [3.8, 4) is 0 Å². The standard InChI is InChI=1S/C11H15F3N2O2S/c1-7(2)19(17,18)16-9-4-3-8(6-15)10(5-9)11(12,13)14/h3-5,7,16H,6,15H2,1-2H3. The highest BCUT2D eigenvalue weighted by Gasteiger charge is 2.33. The normalized spacial score (nSPS) is 12.8. The number of hydrogen-bond donors (Lipinski definition) is 2. The van der Waals surface area contributed by atoms with Gasteiger partial charge < -0.3 is 5.73 Å². The van der Waals surface area contributed by atoms with Crippen LogP contribution in [0.3, 0.4) is 0 Å². The van der Waals surface area contributed by atoms with Gasteiger partial charge in [0.15, 0.2) is 0 Å². The van der Waals surface area contributed by atoms with Crippen molar-refractivity contribution in [3.05, 3.63) is 29.3 Å². The number of nitrogens with two attached hydrogens (primary N) is 1. The zero-order valence-electron chi connectivity index (χ0n) is 10.5. The van der Waals surface area contributed by atoms with Crippen molar-refractivity contribution in [3.63, 3.8) is 0 Å². The lowest BCUT2D eigenvalue weighted by Crippen LogP contribution is -2.23. The highest BCUT2D eigenvalue weighted by Crippen LogP contribution is 2.34. The number of hydrogen-bond acceptors (Lipinski definition) is 3. The molecule has 0 atom stereocenters. The minimum Gasteiger partial charge on any atom is -0.326 e. The molecule has 0 saturated carbocycles. The number of benzene rings is 1. The van der Waals surface area contributed by atoms with E-state index in [0.717, 1.165) is 6.07 Å². The Balaban J connectivity index is 3.20. The zero-order chi connectivity index (χ0) is 14.8. The lowest BCUT2D eigenvalue weighted by atomic mass is 10.1. The van der Waals surface area contributed by atoms with E-state index in [0.29, 0.717) is 0 Å². The molecule has 0 aliphatic heterocycles. The van der Waals surface area contributed by atoms with Crippen molar-refractivity contribution in [2.75, 3.05) is 4.72 Å². The summed E-state index contributed by atoms with van der Waals surface area (Å²) in [5.74, 6) is 0. The summed E-state index contributed by atoms with van der Waals surface area (Å²) in [6.45, 7) is 2.59. The van der Waals surface area contributed by atoms with E-state index in [1.54, 1.807) is 0 Å². The van der Waals surface area contributed by atoms with E-state index in [9.17, 15) is 21.6 Å². The number of anilines is 1. The molecule has 0 heterocycles. The van der Waals surface area contributed by atoms with E-state index in [4.69, 9.17) is 5.73 Å². The van der Waals surface area contributed by atoms with Crippen LogP contribution in [0.1, 0.15) is 25.0 Å². The van der Waals surface area contributed by atoms with Crippen molar-refractivity contribution in [2.24, 2.45) is 5.73 Å². The molecule has 0 spiro atoms. The van der Waals surface area contributed by atoms with Crippen molar-refractivity contribution >= 4 is 15.7 Å². The van der Waals surface area contributed by atoms with Gasteiger partial charge in [0.25, 0.3) is 0 Å². The molecule has 0 saturated heterocycles. The molecule has 0 unspecified atom stereocenters. The average Bonchev–Trinajstić information content (AvgIpc) is 2.27. The number of halogens is 3. The first-order valence-corrected chi connectivity index (χ1v) is 7.04. The fourth-order valence-electron chi connectivity index (χ4n) is 1.36. The monoisotopic (exact) mass is 296 g/mol. The van der Waals surface area contributed by atoms with E-state index < -0.39 is 27.0 Å². The maximum Gasteiger partial charge on any atom is 0.416 e. The first-order valence-electron chi connectivity index (χ1n) is 5.49. The molecular weight excluding hydrogens is 281 g/mol. The van der Waals surface area contributed by atoms with Gasteiger partial charge in [0.1, 0.15) is 0 Å². The van der Waals surface area contributed by atoms with Gasteiger partial charge in [-0.25, -0.2) is 8.42 Å². The van der Waals surface area contributed by atoms with Gasteiger partial charge in [-0.05, 0) is 31.5 Å². The molecule has 1 aromatic rings. The minimum atomic E-state index is -4.58. The predicted octanol–water partition coefficient (Wildman–Crippen LogP) is 2.31. The van der Waals surface area contributed by atoms with Crippen molar-refractivity contribution in [1.29, 1.82) is 0 Å². The maximum atomic E-state index is 12.8. The van der Waals surface area contributed by atoms with E-state index in [-0.39, 0.29) is 17.8 Å². The maximum absolute atomic E-state index is 12.8. The molecule has 0 aromatic heterocycles. The molecule has 1 aromatic carbocycles. The Morgan fingerprint density at radius 3 is 2.32 bits per heavy atom. The number of rotatable bonds is 4. The fourth-order valence-corrected chi connectivity index (χ4v) is 2.06. The Morgan fingerprint density at radius 1 is 1.32 bits per heavy atom. The van der Waals surface area contributed by atoms with Gasteiger partial charge in [-0.15, -0.1) is 0 Å². The van der Waals surface area contributed by atoms with Gasteiger partial charge in [0, 0.05) is 12.2 Å².